The molecule has 1 aromatic rings. The van der Waals surface area contributed by atoms with E-state index in [1.165, 1.54) is 0 Å². The summed E-state index contributed by atoms with van der Waals surface area (Å²) < 4.78 is 0. The van der Waals surface area contributed by atoms with Gasteiger partial charge in [0.1, 0.15) is 6.04 Å². The van der Waals surface area contributed by atoms with E-state index in [0.29, 0.717) is 5.56 Å². The van der Waals surface area contributed by atoms with Gasteiger partial charge in [-0.05, 0) is 17.7 Å². The van der Waals surface area contributed by atoms with Gasteiger partial charge in [-0.3, -0.25) is 0 Å². The van der Waals surface area contributed by atoms with Crippen LogP contribution in [0.4, 0.5) is 4.79 Å². The Balaban J connectivity index is 2.46. The molecule has 7 heteroatoms. The van der Waals surface area contributed by atoms with Crippen molar-refractivity contribution in [3.8, 4) is 6.07 Å². The van der Waals surface area contributed by atoms with Crippen molar-refractivity contribution >= 4 is 12.0 Å². The molecule has 106 valence electrons. The van der Waals surface area contributed by atoms with Gasteiger partial charge in [-0.25, -0.2) is 9.59 Å². The second-order valence-electron chi connectivity index (χ2n) is 4.04. The number of carboxylic acids is 1. The third kappa shape index (κ3) is 4.96. The van der Waals surface area contributed by atoms with Gasteiger partial charge in [0.05, 0.1) is 11.6 Å². The van der Waals surface area contributed by atoms with E-state index >= 15 is 0 Å². The molecule has 0 fully saturated rings. The third-order valence-corrected chi connectivity index (χ3v) is 2.56. The Morgan fingerprint density at radius 2 is 1.95 bits per heavy atom. The summed E-state index contributed by atoms with van der Waals surface area (Å²) in [5.74, 6) is -1.20. The Kier molecular flexibility index (Phi) is 6.00. The van der Waals surface area contributed by atoms with Crippen LogP contribution in [-0.4, -0.2) is 34.9 Å². The Labute approximate surface area is 115 Å². The molecule has 0 radical (unpaired) electrons. The zero-order valence-corrected chi connectivity index (χ0v) is 10.7. The zero-order chi connectivity index (χ0) is 15.0. The van der Waals surface area contributed by atoms with Gasteiger partial charge in [0, 0.05) is 19.6 Å². The molecule has 1 rings (SSSR count). The maximum atomic E-state index is 11.5. The van der Waals surface area contributed by atoms with E-state index in [0.717, 1.165) is 5.56 Å². The number of urea groups is 1. The molecule has 1 atom stereocenters. The van der Waals surface area contributed by atoms with Crippen LogP contribution in [0.5, 0.6) is 0 Å². The summed E-state index contributed by atoms with van der Waals surface area (Å²) in [5, 5.41) is 30.9. The number of carbonyl (C=O) groups is 2. The molecule has 0 unspecified atom stereocenters. The molecule has 0 saturated heterocycles. The molecule has 2 amide bonds. The second-order valence-corrected chi connectivity index (χ2v) is 4.04. The van der Waals surface area contributed by atoms with Gasteiger partial charge in [0.2, 0.25) is 0 Å². The molecule has 0 aromatic heterocycles. The standard InChI is InChI=1S/C13H15N3O4/c14-7-9-1-3-10(4-2-9)8-15-13(20)16-11(5-6-17)12(18)19/h1-4,11,17H,5-6,8H2,(H,18,19)(H2,15,16,20)/t11-/m1/s1. The van der Waals surface area contributed by atoms with Crippen LogP contribution in [0.1, 0.15) is 17.5 Å². The molecule has 1 aromatic carbocycles. The average molecular weight is 277 g/mol. The highest BCUT2D eigenvalue weighted by Crippen LogP contribution is 2.02. The summed E-state index contributed by atoms with van der Waals surface area (Å²) in [7, 11) is 0. The number of carboxylic acid groups (broad SMARTS) is 1. The maximum absolute atomic E-state index is 11.5. The first-order valence-corrected chi connectivity index (χ1v) is 5.94. The molecule has 0 aliphatic carbocycles. The first kappa shape index (κ1) is 15.5. The van der Waals surface area contributed by atoms with Crippen LogP contribution < -0.4 is 10.6 Å². The van der Waals surface area contributed by atoms with E-state index < -0.39 is 18.0 Å². The van der Waals surface area contributed by atoms with Crippen LogP contribution >= 0.6 is 0 Å². The van der Waals surface area contributed by atoms with E-state index in [1.54, 1.807) is 24.3 Å². The van der Waals surface area contributed by atoms with Crippen molar-refractivity contribution in [1.82, 2.24) is 10.6 Å². The van der Waals surface area contributed by atoms with Gasteiger partial charge in [0.25, 0.3) is 0 Å². The molecule has 20 heavy (non-hydrogen) atoms. The van der Waals surface area contributed by atoms with E-state index in [-0.39, 0.29) is 19.6 Å². The average Bonchev–Trinajstić information content (AvgIpc) is 2.45. The largest absolute Gasteiger partial charge is 0.480 e. The number of aliphatic carboxylic acids is 1. The number of rotatable bonds is 6. The monoisotopic (exact) mass is 277 g/mol. The number of nitriles is 1. The van der Waals surface area contributed by atoms with Gasteiger partial charge in [-0.1, -0.05) is 12.1 Å². The topological polar surface area (TPSA) is 122 Å². The number of carbonyl (C=O) groups excluding carboxylic acids is 1. The molecule has 0 bridgehead atoms. The van der Waals surface area contributed by atoms with E-state index in [1.807, 2.05) is 6.07 Å². The van der Waals surface area contributed by atoms with Crippen molar-refractivity contribution in [2.75, 3.05) is 6.61 Å². The van der Waals surface area contributed by atoms with Crippen molar-refractivity contribution in [1.29, 1.82) is 5.26 Å². The number of aliphatic hydroxyl groups is 1. The van der Waals surface area contributed by atoms with Crippen LogP contribution in [0.25, 0.3) is 0 Å². The first-order chi connectivity index (χ1) is 9.56. The molecule has 0 saturated carbocycles. The lowest BCUT2D eigenvalue weighted by molar-refractivity contribution is -0.139. The SMILES string of the molecule is N#Cc1ccc(CNC(=O)N[C@H](CCO)C(=O)O)cc1. The van der Waals surface area contributed by atoms with Gasteiger partial charge in [-0.2, -0.15) is 5.26 Å². The Morgan fingerprint density at radius 3 is 2.45 bits per heavy atom. The van der Waals surface area contributed by atoms with Crippen LogP contribution in [0.15, 0.2) is 24.3 Å². The fraction of sp³-hybridized carbons (Fsp3) is 0.308. The van der Waals surface area contributed by atoms with Crippen molar-refractivity contribution in [2.45, 2.75) is 19.0 Å². The summed E-state index contributed by atoms with van der Waals surface area (Å²) >= 11 is 0. The molecule has 0 spiro atoms. The Bertz CT molecular complexity index is 507. The predicted octanol–water partition coefficient (Wildman–Crippen LogP) is 0.193. The zero-order valence-electron chi connectivity index (χ0n) is 10.7. The molecule has 0 aliphatic heterocycles. The molecule has 0 aliphatic rings. The van der Waals surface area contributed by atoms with Crippen molar-refractivity contribution in [2.24, 2.45) is 0 Å². The summed E-state index contributed by atoms with van der Waals surface area (Å²) in [6.45, 7) is -0.115. The molecular formula is C13H15N3O4. The summed E-state index contributed by atoms with van der Waals surface area (Å²) in [6.07, 6.45) is -0.0559. The van der Waals surface area contributed by atoms with E-state index in [9.17, 15) is 9.59 Å². The van der Waals surface area contributed by atoms with Crippen molar-refractivity contribution < 1.29 is 19.8 Å². The third-order valence-electron chi connectivity index (χ3n) is 2.56. The lowest BCUT2D eigenvalue weighted by Gasteiger charge is -2.14. The summed E-state index contributed by atoms with van der Waals surface area (Å²) in [6, 6.07) is 6.87. The quantitative estimate of drug-likeness (QED) is 0.591. The summed E-state index contributed by atoms with van der Waals surface area (Å²) in [5.41, 5.74) is 1.31. The van der Waals surface area contributed by atoms with Crippen LogP contribution in [0.2, 0.25) is 0 Å². The number of benzene rings is 1. The first-order valence-electron chi connectivity index (χ1n) is 5.94. The van der Waals surface area contributed by atoms with Crippen LogP contribution in [0.3, 0.4) is 0 Å². The molecular weight excluding hydrogens is 262 g/mol. The van der Waals surface area contributed by atoms with Gasteiger partial charge in [-0.15, -0.1) is 0 Å². The highest BCUT2D eigenvalue weighted by Gasteiger charge is 2.18. The number of hydrogen-bond donors (Lipinski definition) is 4. The normalized spacial score (nSPS) is 11.2. The minimum Gasteiger partial charge on any atom is -0.480 e. The van der Waals surface area contributed by atoms with Gasteiger partial charge < -0.3 is 20.8 Å². The number of nitrogens with one attached hydrogen (secondary N) is 2. The number of amides is 2. The van der Waals surface area contributed by atoms with Crippen LogP contribution in [-0.2, 0) is 11.3 Å². The van der Waals surface area contributed by atoms with Crippen molar-refractivity contribution in [3.63, 3.8) is 0 Å². The van der Waals surface area contributed by atoms with E-state index in [2.05, 4.69) is 10.6 Å². The van der Waals surface area contributed by atoms with Crippen molar-refractivity contribution in [3.05, 3.63) is 35.4 Å². The van der Waals surface area contributed by atoms with E-state index in [4.69, 9.17) is 15.5 Å². The van der Waals surface area contributed by atoms with Gasteiger partial charge in [0.15, 0.2) is 0 Å². The lowest BCUT2D eigenvalue weighted by Crippen LogP contribution is -2.46. The molecule has 7 nitrogen and oxygen atoms in total. The lowest BCUT2D eigenvalue weighted by atomic mass is 10.1. The minimum absolute atomic E-state index is 0.0559. The Hall–Kier alpha value is -2.59. The molecule has 4 N–H and O–H groups in total. The number of nitrogens with zero attached hydrogens (tertiary/aromatic N) is 1. The number of aliphatic hydroxyl groups excluding tert-OH is 1. The van der Waals surface area contributed by atoms with Crippen LogP contribution in [0, 0.1) is 11.3 Å². The predicted molar refractivity (Wildman–Crippen MR) is 69.7 cm³/mol. The molecule has 0 heterocycles. The number of hydrogen-bond acceptors (Lipinski definition) is 4. The smallest absolute Gasteiger partial charge is 0.326 e. The summed E-state index contributed by atoms with van der Waals surface area (Å²) in [4.78, 5) is 22.3. The fourth-order valence-corrected chi connectivity index (χ4v) is 1.48. The second kappa shape index (κ2) is 7.76. The maximum Gasteiger partial charge on any atom is 0.326 e. The van der Waals surface area contributed by atoms with Gasteiger partial charge >= 0.3 is 12.0 Å². The minimum atomic E-state index is -1.20. The highest BCUT2D eigenvalue weighted by molar-refractivity contribution is 5.82. The fourth-order valence-electron chi connectivity index (χ4n) is 1.48. The Morgan fingerprint density at radius 1 is 1.30 bits per heavy atom. The highest BCUT2D eigenvalue weighted by atomic mass is 16.4.